The zero-order valence-electron chi connectivity index (χ0n) is 14.7. The summed E-state index contributed by atoms with van der Waals surface area (Å²) in [5.41, 5.74) is 1.05. The minimum atomic E-state index is 0.0354. The van der Waals surface area contributed by atoms with Crippen molar-refractivity contribution in [2.75, 3.05) is 39.8 Å². The summed E-state index contributed by atoms with van der Waals surface area (Å²) in [7, 11) is 1.64. The first-order valence-corrected chi connectivity index (χ1v) is 8.82. The van der Waals surface area contributed by atoms with Crippen LogP contribution in [0.15, 0.2) is 24.3 Å². The molecule has 0 spiro atoms. The van der Waals surface area contributed by atoms with Gasteiger partial charge in [0.25, 0.3) is 0 Å². The molecule has 0 bridgehead atoms. The summed E-state index contributed by atoms with van der Waals surface area (Å²) in [6.07, 6.45) is 1.86. The third-order valence-corrected chi connectivity index (χ3v) is 4.90. The van der Waals surface area contributed by atoms with Crippen molar-refractivity contribution in [3.8, 4) is 5.75 Å². The summed E-state index contributed by atoms with van der Waals surface area (Å²) >= 11 is 0. The minimum Gasteiger partial charge on any atom is -0.497 e. The Labute approximate surface area is 148 Å². The molecule has 3 amide bonds. The molecule has 2 aliphatic heterocycles. The fourth-order valence-electron chi connectivity index (χ4n) is 3.43. The number of hydrogen-bond donors (Lipinski definition) is 2. The zero-order valence-corrected chi connectivity index (χ0v) is 14.7. The molecule has 0 atom stereocenters. The SMILES string of the molecule is COc1ccc(CNC(=O)CN2CCC(N3CCNC3=O)CC2)cc1. The first-order valence-electron chi connectivity index (χ1n) is 8.82. The summed E-state index contributed by atoms with van der Waals surface area (Å²) in [5.74, 6) is 0.845. The summed E-state index contributed by atoms with van der Waals surface area (Å²) < 4.78 is 5.12. The number of piperidine rings is 1. The standard InChI is InChI=1S/C18H26N4O3/c1-25-16-4-2-14(3-5-16)12-20-17(23)13-21-9-6-15(7-10-21)22-11-8-19-18(22)24/h2-5,15H,6-13H2,1H3,(H,19,24)(H,20,23). The van der Waals surface area contributed by atoms with Crippen LogP contribution >= 0.6 is 0 Å². The number of nitrogens with zero attached hydrogens (tertiary/aromatic N) is 2. The second kappa shape index (κ2) is 8.20. The molecular weight excluding hydrogens is 320 g/mol. The van der Waals surface area contributed by atoms with Gasteiger partial charge in [-0.15, -0.1) is 0 Å². The van der Waals surface area contributed by atoms with Gasteiger partial charge in [0.2, 0.25) is 5.91 Å². The molecule has 7 nitrogen and oxygen atoms in total. The van der Waals surface area contributed by atoms with E-state index >= 15 is 0 Å². The summed E-state index contributed by atoms with van der Waals surface area (Å²) in [5, 5.41) is 5.81. The molecule has 0 radical (unpaired) electrons. The third-order valence-electron chi connectivity index (χ3n) is 4.90. The average Bonchev–Trinajstić information content (AvgIpc) is 3.07. The Hall–Kier alpha value is -2.28. The van der Waals surface area contributed by atoms with Crippen LogP contribution in [0.25, 0.3) is 0 Å². The molecule has 1 aromatic carbocycles. The molecule has 1 aromatic rings. The molecule has 136 valence electrons. The Kier molecular flexibility index (Phi) is 5.75. The smallest absolute Gasteiger partial charge is 0.317 e. The highest BCUT2D eigenvalue weighted by Crippen LogP contribution is 2.18. The number of urea groups is 1. The van der Waals surface area contributed by atoms with Crippen LogP contribution in [0.5, 0.6) is 5.75 Å². The number of nitrogens with one attached hydrogen (secondary N) is 2. The Morgan fingerprint density at radius 3 is 2.56 bits per heavy atom. The molecule has 25 heavy (non-hydrogen) atoms. The normalized spacial score (nSPS) is 18.9. The highest BCUT2D eigenvalue weighted by Gasteiger charge is 2.30. The molecule has 0 aromatic heterocycles. The van der Waals surface area contributed by atoms with E-state index in [-0.39, 0.29) is 11.9 Å². The van der Waals surface area contributed by atoms with Gasteiger partial charge >= 0.3 is 6.03 Å². The molecule has 2 fully saturated rings. The number of methoxy groups -OCH3 is 1. The summed E-state index contributed by atoms with van der Waals surface area (Å²) in [6, 6.07) is 8.04. The van der Waals surface area contributed by atoms with Crippen molar-refractivity contribution >= 4 is 11.9 Å². The van der Waals surface area contributed by atoms with Crippen LogP contribution in [-0.2, 0) is 11.3 Å². The topological polar surface area (TPSA) is 73.9 Å². The molecular formula is C18H26N4O3. The lowest BCUT2D eigenvalue weighted by molar-refractivity contribution is -0.122. The average molecular weight is 346 g/mol. The molecule has 2 N–H and O–H groups in total. The van der Waals surface area contributed by atoms with E-state index in [9.17, 15) is 9.59 Å². The van der Waals surface area contributed by atoms with Gasteiger partial charge in [-0.3, -0.25) is 9.69 Å². The van der Waals surface area contributed by atoms with E-state index < -0.39 is 0 Å². The van der Waals surface area contributed by atoms with Crippen LogP contribution < -0.4 is 15.4 Å². The van der Waals surface area contributed by atoms with Gasteiger partial charge < -0.3 is 20.3 Å². The van der Waals surface area contributed by atoms with Gasteiger partial charge in [-0.25, -0.2) is 4.79 Å². The predicted molar refractivity (Wildman–Crippen MR) is 94.4 cm³/mol. The van der Waals surface area contributed by atoms with Crippen LogP contribution in [-0.4, -0.2) is 67.6 Å². The zero-order chi connectivity index (χ0) is 17.6. The van der Waals surface area contributed by atoms with Crippen molar-refractivity contribution in [1.29, 1.82) is 0 Å². The number of carbonyl (C=O) groups is 2. The van der Waals surface area contributed by atoms with E-state index in [0.29, 0.717) is 19.1 Å². The number of carbonyl (C=O) groups excluding carboxylic acids is 2. The van der Waals surface area contributed by atoms with Gasteiger partial charge in [0.1, 0.15) is 5.75 Å². The van der Waals surface area contributed by atoms with Gasteiger partial charge in [0.05, 0.1) is 13.7 Å². The fraction of sp³-hybridized carbons (Fsp3) is 0.556. The van der Waals surface area contributed by atoms with Crippen LogP contribution in [0.2, 0.25) is 0 Å². The first-order chi connectivity index (χ1) is 12.2. The van der Waals surface area contributed by atoms with E-state index in [1.807, 2.05) is 29.2 Å². The Morgan fingerprint density at radius 1 is 1.24 bits per heavy atom. The van der Waals surface area contributed by atoms with Gasteiger partial charge in [-0.05, 0) is 30.5 Å². The third kappa shape index (κ3) is 4.63. The minimum absolute atomic E-state index is 0.0354. The maximum atomic E-state index is 12.1. The maximum absolute atomic E-state index is 12.1. The van der Waals surface area contributed by atoms with Crippen molar-refractivity contribution in [1.82, 2.24) is 20.4 Å². The number of ether oxygens (including phenoxy) is 1. The van der Waals surface area contributed by atoms with E-state index in [2.05, 4.69) is 15.5 Å². The van der Waals surface area contributed by atoms with E-state index in [0.717, 1.165) is 50.3 Å². The van der Waals surface area contributed by atoms with Crippen molar-refractivity contribution in [2.45, 2.75) is 25.4 Å². The molecule has 0 saturated carbocycles. The van der Waals surface area contributed by atoms with Crippen LogP contribution in [0, 0.1) is 0 Å². The molecule has 2 heterocycles. The molecule has 2 saturated heterocycles. The fourth-order valence-corrected chi connectivity index (χ4v) is 3.43. The van der Waals surface area contributed by atoms with E-state index in [4.69, 9.17) is 4.74 Å². The van der Waals surface area contributed by atoms with Gasteiger partial charge in [-0.2, -0.15) is 0 Å². The second-order valence-electron chi connectivity index (χ2n) is 6.56. The first kappa shape index (κ1) is 17.5. The van der Waals surface area contributed by atoms with Gasteiger partial charge in [0, 0.05) is 38.8 Å². The summed E-state index contributed by atoms with van der Waals surface area (Å²) in [4.78, 5) is 28.0. The number of rotatable bonds is 6. The second-order valence-corrected chi connectivity index (χ2v) is 6.56. The molecule has 3 rings (SSSR count). The molecule has 0 unspecified atom stereocenters. The highest BCUT2D eigenvalue weighted by molar-refractivity contribution is 5.78. The lowest BCUT2D eigenvalue weighted by atomic mass is 10.0. The quantitative estimate of drug-likeness (QED) is 0.799. The number of amides is 3. The Bertz CT molecular complexity index is 597. The van der Waals surface area contributed by atoms with Gasteiger partial charge in [-0.1, -0.05) is 12.1 Å². The summed E-state index contributed by atoms with van der Waals surface area (Å²) in [6.45, 7) is 4.18. The number of likely N-dealkylation sites (tertiary alicyclic amines) is 1. The monoisotopic (exact) mass is 346 g/mol. The van der Waals surface area contributed by atoms with Crippen molar-refractivity contribution in [2.24, 2.45) is 0 Å². The van der Waals surface area contributed by atoms with Crippen molar-refractivity contribution in [3.05, 3.63) is 29.8 Å². The highest BCUT2D eigenvalue weighted by atomic mass is 16.5. The molecule has 7 heteroatoms. The Balaban J connectivity index is 1.38. The van der Waals surface area contributed by atoms with Gasteiger partial charge in [0.15, 0.2) is 0 Å². The maximum Gasteiger partial charge on any atom is 0.317 e. The Morgan fingerprint density at radius 2 is 1.96 bits per heavy atom. The van der Waals surface area contributed by atoms with Crippen LogP contribution in [0.1, 0.15) is 18.4 Å². The largest absolute Gasteiger partial charge is 0.497 e. The molecule has 0 aliphatic carbocycles. The lowest BCUT2D eigenvalue weighted by Gasteiger charge is -2.35. The molecule has 2 aliphatic rings. The van der Waals surface area contributed by atoms with Crippen LogP contribution in [0.4, 0.5) is 4.79 Å². The number of hydrogen-bond acceptors (Lipinski definition) is 4. The van der Waals surface area contributed by atoms with E-state index in [1.54, 1.807) is 7.11 Å². The van der Waals surface area contributed by atoms with Crippen molar-refractivity contribution in [3.63, 3.8) is 0 Å². The lowest BCUT2D eigenvalue weighted by Crippen LogP contribution is -2.48. The van der Waals surface area contributed by atoms with Crippen molar-refractivity contribution < 1.29 is 14.3 Å². The number of benzene rings is 1. The predicted octanol–water partition coefficient (Wildman–Crippen LogP) is 0.801. The van der Waals surface area contributed by atoms with Crippen LogP contribution in [0.3, 0.4) is 0 Å². The van der Waals surface area contributed by atoms with E-state index in [1.165, 1.54) is 0 Å².